The van der Waals surface area contributed by atoms with Crippen LogP contribution in [0.4, 0.5) is 10.1 Å². The van der Waals surface area contributed by atoms with Gasteiger partial charge in [-0.2, -0.15) is 0 Å². The number of aryl methyl sites for hydroxylation is 1. The molecule has 0 saturated carbocycles. The molecule has 3 nitrogen and oxygen atoms in total. The average Bonchev–Trinajstić information content (AvgIpc) is 2.16. The van der Waals surface area contributed by atoms with Crippen molar-refractivity contribution in [3.63, 3.8) is 0 Å². The van der Waals surface area contributed by atoms with Crippen LogP contribution in [-0.2, 0) is 4.79 Å². The second-order valence-electron chi connectivity index (χ2n) is 3.62. The number of carbonyl (C=O) groups excluding carboxylic acids is 1. The third-order valence-electron chi connectivity index (χ3n) is 2.29. The number of hydrogen-bond donors (Lipinski definition) is 2. The first-order valence-corrected chi connectivity index (χ1v) is 4.80. The Labute approximate surface area is 88.5 Å². The molecule has 1 rings (SSSR count). The number of para-hydroxylation sites is 1. The molecule has 1 amide bonds. The van der Waals surface area contributed by atoms with Crippen LogP contribution in [0.25, 0.3) is 0 Å². The molecule has 0 aliphatic rings. The van der Waals surface area contributed by atoms with E-state index < -0.39 is 5.91 Å². The fourth-order valence-electron chi connectivity index (χ4n) is 1.21. The zero-order valence-electron chi connectivity index (χ0n) is 8.88. The Kier molecular flexibility index (Phi) is 3.66. The van der Waals surface area contributed by atoms with Crippen LogP contribution in [0.15, 0.2) is 18.2 Å². The molecule has 4 heteroatoms. The SMILES string of the molecule is Cc1cccc(F)c1NCC(C)C(N)=O. The topological polar surface area (TPSA) is 55.1 Å². The van der Waals surface area contributed by atoms with Crippen LogP contribution in [0.3, 0.4) is 0 Å². The van der Waals surface area contributed by atoms with Gasteiger partial charge in [0.05, 0.1) is 11.6 Å². The number of amides is 1. The van der Waals surface area contributed by atoms with Crippen molar-refractivity contribution in [2.24, 2.45) is 11.7 Å². The second kappa shape index (κ2) is 4.77. The monoisotopic (exact) mass is 210 g/mol. The number of carbonyl (C=O) groups is 1. The summed E-state index contributed by atoms with van der Waals surface area (Å²) in [6.45, 7) is 3.85. The van der Waals surface area contributed by atoms with Crippen molar-refractivity contribution in [3.8, 4) is 0 Å². The van der Waals surface area contributed by atoms with E-state index in [1.165, 1.54) is 6.07 Å². The molecule has 0 fully saturated rings. The molecule has 0 aliphatic heterocycles. The van der Waals surface area contributed by atoms with E-state index in [9.17, 15) is 9.18 Å². The highest BCUT2D eigenvalue weighted by molar-refractivity contribution is 5.76. The van der Waals surface area contributed by atoms with Gasteiger partial charge in [-0.05, 0) is 18.6 Å². The summed E-state index contributed by atoms with van der Waals surface area (Å²) in [5, 5.41) is 2.89. The average molecular weight is 210 g/mol. The van der Waals surface area contributed by atoms with Crippen LogP contribution in [0.2, 0.25) is 0 Å². The molecule has 0 aromatic heterocycles. The molecule has 1 aromatic rings. The Hall–Kier alpha value is -1.58. The Morgan fingerprint density at radius 2 is 2.27 bits per heavy atom. The van der Waals surface area contributed by atoms with Crippen molar-refractivity contribution >= 4 is 11.6 Å². The number of rotatable bonds is 4. The first-order chi connectivity index (χ1) is 7.02. The summed E-state index contributed by atoms with van der Waals surface area (Å²) in [5.41, 5.74) is 6.35. The van der Waals surface area contributed by atoms with Crippen LogP contribution in [0, 0.1) is 18.7 Å². The Morgan fingerprint density at radius 3 is 2.80 bits per heavy atom. The van der Waals surface area contributed by atoms with Gasteiger partial charge in [-0.15, -0.1) is 0 Å². The number of primary amides is 1. The molecule has 0 heterocycles. The van der Waals surface area contributed by atoms with E-state index in [2.05, 4.69) is 5.32 Å². The largest absolute Gasteiger partial charge is 0.382 e. The summed E-state index contributed by atoms with van der Waals surface area (Å²) >= 11 is 0. The first-order valence-electron chi connectivity index (χ1n) is 4.80. The number of nitrogens with one attached hydrogen (secondary N) is 1. The fraction of sp³-hybridized carbons (Fsp3) is 0.364. The van der Waals surface area contributed by atoms with E-state index in [-0.39, 0.29) is 11.7 Å². The number of nitrogens with two attached hydrogens (primary N) is 1. The number of benzene rings is 1. The standard InChI is InChI=1S/C11H15FN2O/c1-7-4-3-5-9(12)10(7)14-6-8(2)11(13)15/h3-5,8,14H,6H2,1-2H3,(H2,13,15). The zero-order valence-corrected chi connectivity index (χ0v) is 8.88. The van der Waals surface area contributed by atoms with Crippen molar-refractivity contribution in [2.45, 2.75) is 13.8 Å². The summed E-state index contributed by atoms with van der Waals surface area (Å²) < 4.78 is 13.3. The summed E-state index contributed by atoms with van der Waals surface area (Å²) in [4.78, 5) is 10.8. The maximum atomic E-state index is 13.3. The van der Waals surface area contributed by atoms with Gasteiger partial charge >= 0.3 is 0 Å². The lowest BCUT2D eigenvalue weighted by Crippen LogP contribution is -2.27. The van der Waals surface area contributed by atoms with E-state index in [1.807, 2.05) is 0 Å². The lowest BCUT2D eigenvalue weighted by Gasteiger charge is -2.13. The maximum Gasteiger partial charge on any atom is 0.222 e. The Balaban J connectivity index is 2.69. The maximum absolute atomic E-state index is 13.3. The van der Waals surface area contributed by atoms with Gasteiger partial charge in [0.1, 0.15) is 5.82 Å². The fourth-order valence-corrected chi connectivity index (χ4v) is 1.21. The van der Waals surface area contributed by atoms with Crippen LogP contribution in [-0.4, -0.2) is 12.5 Å². The van der Waals surface area contributed by atoms with Crippen LogP contribution in [0.5, 0.6) is 0 Å². The highest BCUT2D eigenvalue weighted by atomic mass is 19.1. The first kappa shape index (κ1) is 11.5. The third-order valence-corrected chi connectivity index (χ3v) is 2.29. The molecule has 3 N–H and O–H groups in total. The van der Waals surface area contributed by atoms with Gasteiger partial charge in [0.25, 0.3) is 0 Å². The molecule has 0 aliphatic carbocycles. The molecular formula is C11H15FN2O. The molecule has 1 unspecified atom stereocenters. The normalized spacial score (nSPS) is 12.2. The van der Waals surface area contributed by atoms with Gasteiger partial charge in [-0.25, -0.2) is 4.39 Å². The molecule has 1 atom stereocenters. The van der Waals surface area contributed by atoms with Crippen molar-refractivity contribution in [2.75, 3.05) is 11.9 Å². The minimum atomic E-state index is -0.392. The minimum Gasteiger partial charge on any atom is -0.382 e. The molecule has 0 saturated heterocycles. The smallest absolute Gasteiger partial charge is 0.222 e. The third kappa shape index (κ3) is 2.94. The molecule has 15 heavy (non-hydrogen) atoms. The van der Waals surface area contributed by atoms with Gasteiger partial charge in [0, 0.05) is 6.54 Å². The predicted molar refractivity (Wildman–Crippen MR) is 58.0 cm³/mol. The van der Waals surface area contributed by atoms with Gasteiger partial charge in [0.2, 0.25) is 5.91 Å². The molecular weight excluding hydrogens is 195 g/mol. The van der Waals surface area contributed by atoms with E-state index in [1.54, 1.807) is 26.0 Å². The highest BCUT2D eigenvalue weighted by Gasteiger charge is 2.10. The number of halogens is 1. The molecule has 0 radical (unpaired) electrons. The van der Waals surface area contributed by atoms with Gasteiger partial charge < -0.3 is 11.1 Å². The summed E-state index contributed by atoms with van der Waals surface area (Å²) in [5.74, 6) is -1.02. The zero-order chi connectivity index (χ0) is 11.4. The summed E-state index contributed by atoms with van der Waals surface area (Å²) in [6.07, 6.45) is 0. The molecule has 82 valence electrons. The lowest BCUT2D eigenvalue weighted by atomic mass is 10.1. The Morgan fingerprint density at radius 1 is 1.60 bits per heavy atom. The highest BCUT2D eigenvalue weighted by Crippen LogP contribution is 2.18. The van der Waals surface area contributed by atoms with Crippen LogP contribution < -0.4 is 11.1 Å². The summed E-state index contributed by atoms with van der Waals surface area (Å²) in [7, 11) is 0. The second-order valence-corrected chi connectivity index (χ2v) is 3.62. The lowest BCUT2D eigenvalue weighted by molar-refractivity contribution is -0.120. The van der Waals surface area contributed by atoms with Crippen molar-refractivity contribution < 1.29 is 9.18 Å². The molecule has 1 aromatic carbocycles. The van der Waals surface area contributed by atoms with E-state index in [0.29, 0.717) is 12.2 Å². The minimum absolute atomic E-state index is 0.313. The van der Waals surface area contributed by atoms with Crippen LogP contribution in [0.1, 0.15) is 12.5 Å². The van der Waals surface area contributed by atoms with Crippen molar-refractivity contribution in [3.05, 3.63) is 29.6 Å². The van der Waals surface area contributed by atoms with Crippen molar-refractivity contribution in [1.82, 2.24) is 0 Å². The molecule has 0 bridgehead atoms. The van der Waals surface area contributed by atoms with Gasteiger partial charge in [-0.3, -0.25) is 4.79 Å². The van der Waals surface area contributed by atoms with E-state index >= 15 is 0 Å². The van der Waals surface area contributed by atoms with Gasteiger partial charge in [0.15, 0.2) is 0 Å². The van der Waals surface area contributed by atoms with E-state index in [4.69, 9.17) is 5.73 Å². The predicted octanol–water partition coefficient (Wildman–Crippen LogP) is 1.67. The quantitative estimate of drug-likeness (QED) is 0.794. The Bertz CT molecular complexity index is 345. The van der Waals surface area contributed by atoms with Crippen molar-refractivity contribution in [1.29, 1.82) is 0 Å². The van der Waals surface area contributed by atoms with Crippen LogP contribution >= 0.6 is 0 Å². The molecule has 0 spiro atoms. The van der Waals surface area contributed by atoms with E-state index in [0.717, 1.165) is 5.56 Å². The van der Waals surface area contributed by atoms with Gasteiger partial charge in [-0.1, -0.05) is 19.1 Å². The number of anilines is 1. The number of hydrogen-bond acceptors (Lipinski definition) is 2. The summed E-state index contributed by atoms with van der Waals surface area (Å²) in [6, 6.07) is 4.83.